The second kappa shape index (κ2) is 9.27. The normalized spacial score (nSPS) is 19.6. The molecule has 2 heterocycles. The minimum absolute atomic E-state index is 0.0310. The van der Waals surface area contributed by atoms with E-state index in [0.29, 0.717) is 23.0 Å². The van der Waals surface area contributed by atoms with E-state index < -0.39 is 0 Å². The van der Waals surface area contributed by atoms with Crippen LogP contribution >= 0.6 is 22.9 Å². The van der Waals surface area contributed by atoms with Gasteiger partial charge in [0.1, 0.15) is 23.5 Å². The largest absolute Gasteiger partial charge is 0.489 e. The number of anilines is 1. The topological polar surface area (TPSA) is 50.4 Å². The summed E-state index contributed by atoms with van der Waals surface area (Å²) in [6.45, 7) is 7.44. The zero-order valence-electron chi connectivity index (χ0n) is 19.9. The molecule has 1 aromatic heterocycles. The fourth-order valence-corrected chi connectivity index (χ4v) is 6.50. The Morgan fingerprint density at radius 2 is 1.88 bits per heavy atom. The number of rotatable bonds is 6. The molecule has 178 valence electrons. The Morgan fingerprint density at radius 3 is 2.62 bits per heavy atom. The number of carbonyl (C=O) groups is 1. The van der Waals surface area contributed by atoms with E-state index >= 15 is 0 Å². The van der Waals surface area contributed by atoms with E-state index in [0.717, 1.165) is 46.7 Å². The smallest absolute Gasteiger partial charge is 0.256 e. The fourth-order valence-electron chi connectivity index (χ4n) is 4.95. The van der Waals surface area contributed by atoms with E-state index in [2.05, 4.69) is 31.4 Å². The number of thiophene rings is 1. The van der Waals surface area contributed by atoms with Crippen molar-refractivity contribution in [2.24, 2.45) is 11.3 Å². The highest BCUT2D eigenvalue weighted by Crippen LogP contribution is 2.47. The molecule has 2 atom stereocenters. The third-order valence-corrected chi connectivity index (χ3v) is 9.18. The van der Waals surface area contributed by atoms with Crippen molar-refractivity contribution in [3.05, 3.63) is 80.7 Å². The van der Waals surface area contributed by atoms with Crippen molar-refractivity contribution < 1.29 is 9.53 Å². The second-order valence-electron chi connectivity index (χ2n) is 9.99. The number of amides is 1. The van der Waals surface area contributed by atoms with Gasteiger partial charge >= 0.3 is 0 Å². The fraction of sp³-hybridized carbons (Fsp3) is 0.393. The van der Waals surface area contributed by atoms with Gasteiger partial charge in [-0.15, -0.1) is 11.3 Å². The number of ether oxygens (including phenoxy) is 1. The minimum atomic E-state index is -0.249. The third kappa shape index (κ3) is 4.44. The summed E-state index contributed by atoms with van der Waals surface area (Å²) in [4.78, 5) is 14.5. The Morgan fingerprint density at radius 1 is 1.12 bits per heavy atom. The molecule has 3 aromatic rings. The maximum atomic E-state index is 13.1. The lowest BCUT2D eigenvalue weighted by Gasteiger charge is -2.36. The van der Waals surface area contributed by atoms with Crippen LogP contribution in [-0.4, -0.2) is 5.91 Å². The predicted molar refractivity (Wildman–Crippen MR) is 140 cm³/mol. The van der Waals surface area contributed by atoms with Crippen molar-refractivity contribution in [2.45, 2.75) is 59.2 Å². The lowest BCUT2D eigenvalue weighted by atomic mass is 9.69. The second-order valence-corrected chi connectivity index (χ2v) is 11.5. The molecule has 1 amide bonds. The van der Waals surface area contributed by atoms with Crippen LogP contribution in [0.1, 0.15) is 71.7 Å². The van der Waals surface area contributed by atoms with Crippen LogP contribution in [0.15, 0.2) is 48.5 Å². The summed E-state index contributed by atoms with van der Waals surface area (Å²) in [5.74, 6) is 1.47. The van der Waals surface area contributed by atoms with Crippen LogP contribution in [0.2, 0.25) is 5.02 Å². The highest BCUT2D eigenvalue weighted by atomic mass is 35.5. The first-order valence-electron chi connectivity index (χ1n) is 12.0. The minimum Gasteiger partial charge on any atom is -0.489 e. The van der Waals surface area contributed by atoms with E-state index in [1.165, 1.54) is 16.9 Å². The Hall–Kier alpha value is -2.50. The van der Waals surface area contributed by atoms with Gasteiger partial charge in [0.25, 0.3) is 5.91 Å². The number of carbonyl (C=O) groups excluding carboxylic acids is 1. The zero-order chi connectivity index (χ0) is 23.9. The summed E-state index contributed by atoms with van der Waals surface area (Å²) in [5.41, 5.74) is 4.41. The summed E-state index contributed by atoms with van der Waals surface area (Å²) in [6.07, 6.45) is 4.15. The van der Waals surface area contributed by atoms with Gasteiger partial charge in [0.05, 0.1) is 5.56 Å². The molecule has 1 aliphatic carbocycles. The van der Waals surface area contributed by atoms with Crippen molar-refractivity contribution in [3.8, 4) is 5.75 Å². The lowest BCUT2D eigenvalue weighted by molar-refractivity contribution is 0.0934. The number of nitrogens with one attached hydrogen (secondary N) is 2. The molecular weight excluding hydrogens is 464 g/mol. The van der Waals surface area contributed by atoms with Crippen molar-refractivity contribution in [1.82, 2.24) is 5.32 Å². The Labute approximate surface area is 210 Å². The van der Waals surface area contributed by atoms with Gasteiger partial charge in [0.2, 0.25) is 0 Å². The Balaban J connectivity index is 1.29. The molecular formula is C28H31ClN2O2S. The average molecular weight is 495 g/mol. The summed E-state index contributed by atoms with van der Waals surface area (Å²) < 4.78 is 5.90. The summed E-state index contributed by atoms with van der Waals surface area (Å²) in [6, 6.07) is 15.6. The molecule has 34 heavy (non-hydrogen) atoms. The summed E-state index contributed by atoms with van der Waals surface area (Å²) in [5, 5.41) is 8.45. The molecule has 5 rings (SSSR count). The SMILES string of the molecule is CCC(C)(C)[C@@H]1CCc2c(sc3c2C(=O)N[C@@H](c2ccc(OCc4ccccc4Cl)cc2)N3)C1. The maximum absolute atomic E-state index is 13.1. The van der Waals surface area contributed by atoms with Gasteiger partial charge in [0.15, 0.2) is 0 Å². The van der Waals surface area contributed by atoms with Crippen molar-refractivity contribution in [3.63, 3.8) is 0 Å². The molecule has 1 aliphatic heterocycles. The molecule has 2 N–H and O–H groups in total. The average Bonchev–Trinajstić information content (AvgIpc) is 3.22. The maximum Gasteiger partial charge on any atom is 0.256 e. The Kier molecular flexibility index (Phi) is 6.34. The van der Waals surface area contributed by atoms with Crippen LogP contribution in [0.4, 0.5) is 5.00 Å². The molecule has 0 saturated heterocycles. The van der Waals surface area contributed by atoms with E-state index in [1.807, 2.05) is 48.5 Å². The molecule has 0 bridgehead atoms. The molecule has 0 fully saturated rings. The van der Waals surface area contributed by atoms with Crippen LogP contribution in [0, 0.1) is 11.3 Å². The molecule has 2 aliphatic rings. The third-order valence-electron chi connectivity index (χ3n) is 7.63. The zero-order valence-corrected chi connectivity index (χ0v) is 21.5. The van der Waals surface area contributed by atoms with E-state index in [1.54, 1.807) is 11.3 Å². The first kappa shape index (κ1) is 23.3. The number of hydrogen-bond donors (Lipinski definition) is 2. The summed E-state index contributed by atoms with van der Waals surface area (Å²) in [7, 11) is 0. The quantitative estimate of drug-likeness (QED) is 0.376. The Bertz CT molecular complexity index is 1200. The molecule has 0 saturated carbocycles. The van der Waals surface area contributed by atoms with Crippen molar-refractivity contribution in [2.75, 3.05) is 5.32 Å². The van der Waals surface area contributed by atoms with Gasteiger partial charge < -0.3 is 15.4 Å². The van der Waals surface area contributed by atoms with E-state index in [9.17, 15) is 4.79 Å². The first-order valence-corrected chi connectivity index (χ1v) is 13.2. The molecule has 6 heteroatoms. The highest BCUT2D eigenvalue weighted by Gasteiger charge is 2.37. The molecule has 0 spiro atoms. The molecule has 0 radical (unpaired) electrons. The van der Waals surface area contributed by atoms with Gasteiger partial charge in [-0.2, -0.15) is 0 Å². The van der Waals surface area contributed by atoms with Crippen LogP contribution in [0.5, 0.6) is 5.75 Å². The van der Waals surface area contributed by atoms with Crippen LogP contribution in [0.3, 0.4) is 0 Å². The number of hydrogen-bond acceptors (Lipinski definition) is 4. The van der Waals surface area contributed by atoms with Gasteiger partial charge in [-0.1, -0.05) is 69.1 Å². The lowest BCUT2D eigenvalue weighted by Crippen LogP contribution is -2.38. The van der Waals surface area contributed by atoms with E-state index in [4.69, 9.17) is 16.3 Å². The summed E-state index contributed by atoms with van der Waals surface area (Å²) >= 11 is 7.99. The molecule has 4 nitrogen and oxygen atoms in total. The van der Waals surface area contributed by atoms with Crippen molar-refractivity contribution >= 4 is 33.8 Å². The number of benzene rings is 2. The van der Waals surface area contributed by atoms with Gasteiger partial charge in [-0.25, -0.2) is 0 Å². The monoisotopic (exact) mass is 494 g/mol. The number of fused-ring (bicyclic) bond motifs is 3. The first-order chi connectivity index (χ1) is 16.4. The van der Waals surface area contributed by atoms with Crippen molar-refractivity contribution in [1.29, 1.82) is 0 Å². The molecule has 0 unspecified atom stereocenters. The van der Waals surface area contributed by atoms with Gasteiger partial charge in [-0.3, -0.25) is 4.79 Å². The van der Waals surface area contributed by atoms with Crippen LogP contribution in [-0.2, 0) is 19.4 Å². The highest BCUT2D eigenvalue weighted by molar-refractivity contribution is 7.16. The van der Waals surface area contributed by atoms with E-state index in [-0.39, 0.29) is 12.1 Å². The van der Waals surface area contributed by atoms with Crippen LogP contribution in [0.25, 0.3) is 0 Å². The number of halogens is 1. The predicted octanol–water partition coefficient (Wildman–Crippen LogP) is 7.38. The van der Waals surface area contributed by atoms with Gasteiger partial charge in [-0.05, 0) is 59.9 Å². The van der Waals surface area contributed by atoms with Gasteiger partial charge in [0, 0.05) is 15.5 Å². The standard InChI is InChI=1S/C28H31ClN2O2S/c1-4-28(2,3)19-11-14-21-23(15-19)34-27-24(21)26(32)30-25(31-27)17-9-12-20(13-10-17)33-16-18-7-5-6-8-22(18)29/h5-10,12-13,19,25,31H,4,11,14-16H2,1-3H3,(H,30,32)/t19-,25-/m1/s1. The van der Waals surface area contributed by atoms with Crippen LogP contribution < -0.4 is 15.4 Å². The molecule has 2 aromatic carbocycles.